The highest BCUT2D eigenvalue weighted by molar-refractivity contribution is 9.10. The first-order valence-corrected chi connectivity index (χ1v) is 6.73. The van der Waals surface area contributed by atoms with E-state index in [1.807, 2.05) is 24.3 Å². The van der Waals surface area contributed by atoms with Crippen LogP contribution < -0.4 is 10.6 Å². The fourth-order valence-corrected chi connectivity index (χ4v) is 1.77. The molecule has 0 aliphatic heterocycles. The highest BCUT2D eigenvalue weighted by Crippen LogP contribution is 2.13. The first-order valence-electron chi connectivity index (χ1n) is 5.53. The van der Waals surface area contributed by atoms with E-state index in [0.29, 0.717) is 5.11 Å². The van der Waals surface area contributed by atoms with Crippen LogP contribution in [-0.4, -0.2) is 11.7 Å². The quantitative estimate of drug-likeness (QED) is 0.636. The summed E-state index contributed by atoms with van der Waals surface area (Å²) in [4.78, 5) is 0. The minimum absolute atomic E-state index is 0.693. The Morgan fingerprint density at radius 1 is 1.25 bits per heavy atom. The van der Waals surface area contributed by atoms with Gasteiger partial charge in [-0.3, -0.25) is 0 Å². The third kappa shape index (κ3) is 5.47. The van der Waals surface area contributed by atoms with E-state index in [1.165, 1.54) is 19.3 Å². The Bertz CT molecular complexity index is 324. The standard InChI is InChI=1S/C12H17BrN2S/c1-2-3-4-9-14-12(16)15-11-7-5-10(13)6-8-11/h5-8H,2-4,9H2,1H3,(H2,14,15,16). The van der Waals surface area contributed by atoms with Gasteiger partial charge in [0.1, 0.15) is 0 Å². The molecule has 2 N–H and O–H groups in total. The van der Waals surface area contributed by atoms with Crippen LogP contribution in [0.25, 0.3) is 0 Å². The Morgan fingerprint density at radius 3 is 2.56 bits per heavy atom. The molecule has 0 amide bonds. The van der Waals surface area contributed by atoms with E-state index < -0.39 is 0 Å². The summed E-state index contributed by atoms with van der Waals surface area (Å²) < 4.78 is 1.07. The second kappa shape index (κ2) is 7.63. The van der Waals surface area contributed by atoms with E-state index in [0.717, 1.165) is 16.7 Å². The van der Waals surface area contributed by atoms with Gasteiger partial charge in [0.15, 0.2) is 5.11 Å². The Balaban J connectivity index is 2.26. The van der Waals surface area contributed by atoms with Gasteiger partial charge in [-0.1, -0.05) is 35.7 Å². The predicted octanol–water partition coefficient (Wildman–Crippen LogP) is 3.93. The molecule has 0 aromatic heterocycles. The first-order chi connectivity index (χ1) is 7.72. The number of rotatable bonds is 5. The fraction of sp³-hybridized carbons (Fsp3) is 0.417. The van der Waals surface area contributed by atoms with Crippen LogP contribution in [0.1, 0.15) is 26.2 Å². The topological polar surface area (TPSA) is 24.1 Å². The summed E-state index contributed by atoms with van der Waals surface area (Å²) in [6.07, 6.45) is 3.64. The Hall–Kier alpha value is -0.610. The summed E-state index contributed by atoms with van der Waals surface area (Å²) in [5.41, 5.74) is 1.01. The maximum absolute atomic E-state index is 5.18. The number of halogens is 1. The van der Waals surface area contributed by atoms with Crippen molar-refractivity contribution in [1.29, 1.82) is 0 Å². The minimum atomic E-state index is 0.693. The van der Waals surface area contributed by atoms with Gasteiger partial charge in [-0.15, -0.1) is 0 Å². The predicted molar refractivity (Wildman–Crippen MR) is 77.9 cm³/mol. The highest BCUT2D eigenvalue weighted by atomic mass is 79.9. The average Bonchev–Trinajstić information content (AvgIpc) is 2.28. The molecule has 0 saturated carbocycles. The number of thiocarbonyl (C=S) groups is 1. The molecule has 1 aromatic rings. The van der Waals surface area contributed by atoms with Gasteiger partial charge in [-0.05, 0) is 42.9 Å². The molecule has 16 heavy (non-hydrogen) atoms. The van der Waals surface area contributed by atoms with Crippen LogP contribution >= 0.6 is 28.1 Å². The van der Waals surface area contributed by atoms with Crippen molar-refractivity contribution in [2.45, 2.75) is 26.2 Å². The van der Waals surface area contributed by atoms with Crippen LogP contribution in [0.2, 0.25) is 0 Å². The molecule has 1 rings (SSSR count). The number of benzene rings is 1. The Morgan fingerprint density at radius 2 is 1.94 bits per heavy atom. The maximum atomic E-state index is 5.18. The van der Waals surface area contributed by atoms with Crippen molar-refractivity contribution in [3.05, 3.63) is 28.7 Å². The second-order valence-electron chi connectivity index (χ2n) is 3.59. The van der Waals surface area contributed by atoms with Crippen molar-refractivity contribution in [2.75, 3.05) is 11.9 Å². The normalized spacial score (nSPS) is 9.88. The number of hydrogen-bond acceptors (Lipinski definition) is 1. The molecule has 0 heterocycles. The number of unbranched alkanes of at least 4 members (excludes halogenated alkanes) is 2. The van der Waals surface area contributed by atoms with Crippen LogP contribution in [0.5, 0.6) is 0 Å². The van der Waals surface area contributed by atoms with Crippen molar-refractivity contribution in [2.24, 2.45) is 0 Å². The van der Waals surface area contributed by atoms with E-state index in [2.05, 4.69) is 33.5 Å². The maximum Gasteiger partial charge on any atom is 0.170 e. The van der Waals surface area contributed by atoms with Crippen LogP contribution in [0.3, 0.4) is 0 Å². The molecule has 1 aromatic carbocycles. The fourth-order valence-electron chi connectivity index (χ4n) is 1.29. The molecule has 0 bridgehead atoms. The highest BCUT2D eigenvalue weighted by Gasteiger charge is 1.96. The molecular weight excluding hydrogens is 284 g/mol. The molecular formula is C12H17BrN2S. The SMILES string of the molecule is CCCCCNC(=S)Nc1ccc(Br)cc1. The van der Waals surface area contributed by atoms with Gasteiger partial charge in [0.25, 0.3) is 0 Å². The van der Waals surface area contributed by atoms with E-state index in [1.54, 1.807) is 0 Å². The number of nitrogens with one attached hydrogen (secondary N) is 2. The summed E-state index contributed by atoms with van der Waals surface area (Å²) in [5.74, 6) is 0. The van der Waals surface area contributed by atoms with Gasteiger partial charge in [0.2, 0.25) is 0 Å². The van der Waals surface area contributed by atoms with E-state index in [9.17, 15) is 0 Å². The molecule has 0 fully saturated rings. The summed E-state index contributed by atoms with van der Waals surface area (Å²) in [6, 6.07) is 7.96. The van der Waals surface area contributed by atoms with Gasteiger partial charge < -0.3 is 10.6 Å². The summed E-state index contributed by atoms with van der Waals surface area (Å²) >= 11 is 8.58. The molecule has 88 valence electrons. The van der Waals surface area contributed by atoms with Crippen LogP contribution in [0.15, 0.2) is 28.7 Å². The number of anilines is 1. The van der Waals surface area contributed by atoms with Gasteiger partial charge in [0, 0.05) is 16.7 Å². The van der Waals surface area contributed by atoms with Crippen molar-refractivity contribution >= 4 is 38.9 Å². The lowest BCUT2D eigenvalue weighted by atomic mass is 10.2. The number of hydrogen-bond donors (Lipinski definition) is 2. The summed E-state index contributed by atoms with van der Waals surface area (Å²) in [5, 5.41) is 7.03. The molecule has 0 aliphatic rings. The largest absolute Gasteiger partial charge is 0.362 e. The zero-order chi connectivity index (χ0) is 11.8. The van der Waals surface area contributed by atoms with Gasteiger partial charge >= 0.3 is 0 Å². The molecule has 4 heteroatoms. The molecule has 0 radical (unpaired) electrons. The van der Waals surface area contributed by atoms with Gasteiger partial charge in [-0.2, -0.15) is 0 Å². The van der Waals surface area contributed by atoms with E-state index in [4.69, 9.17) is 12.2 Å². The summed E-state index contributed by atoms with van der Waals surface area (Å²) in [6.45, 7) is 3.13. The van der Waals surface area contributed by atoms with Gasteiger partial charge in [0.05, 0.1) is 0 Å². The second-order valence-corrected chi connectivity index (χ2v) is 4.92. The minimum Gasteiger partial charge on any atom is -0.362 e. The Labute approximate surface area is 111 Å². The molecule has 0 unspecified atom stereocenters. The zero-order valence-electron chi connectivity index (χ0n) is 9.42. The van der Waals surface area contributed by atoms with E-state index in [-0.39, 0.29) is 0 Å². The lowest BCUT2D eigenvalue weighted by molar-refractivity contribution is 0.698. The monoisotopic (exact) mass is 300 g/mol. The molecule has 0 saturated heterocycles. The molecule has 2 nitrogen and oxygen atoms in total. The van der Waals surface area contributed by atoms with Crippen molar-refractivity contribution < 1.29 is 0 Å². The molecule has 0 atom stereocenters. The summed E-state index contributed by atoms with van der Waals surface area (Å²) in [7, 11) is 0. The third-order valence-corrected chi connectivity index (χ3v) is 2.94. The zero-order valence-corrected chi connectivity index (χ0v) is 11.8. The third-order valence-electron chi connectivity index (χ3n) is 2.17. The Kier molecular flexibility index (Phi) is 6.42. The lowest BCUT2D eigenvalue weighted by Gasteiger charge is -2.10. The van der Waals surface area contributed by atoms with Crippen LogP contribution in [0, 0.1) is 0 Å². The molecule has 0 spiro atoms. The lowest BCUT2D eigenvalue weighted by Crippen LogP contribution is -2.29. The molecule has 0 aliphatic carbocycles. The van der Waals surface area contributed by atoms with Crippen molar-refractivity contribution in [3.63, 3.8) is 0 Å². The average molecular weight is 301 g/mol. The first kappa shape index (κ1) is 13.5. The van der Waals surface area contributed by atoms with Crippen LogP contribution in [-0.2, 0) is 0 Å². The smallest absolute Gasteiger partial charge is 0.170 e. The van der Waals surface area contributed by atoms with E-state index >= 15 is 0 Å². The van der Waals surface area contributed by atoms with Gasteiger partial charge in [-0.25, -0.2) is 0 Å². The van der Waals surface area contributed by atoms with Crippen LogP contribution in [0.4, 0.5) is 5.69 Å². The van der Waals surface area contributed by atoms with Crippen molar-refractivity contribution in [3.8, 4) is 0 Å². The van der Waals surface area contributed by atoms with Crippen molar-refractivity contribution in [1.82, 2.24) is 5.32 Å².